The molecule has 0 radical (unpaired) electrons. The van der Waals surface area contributed by atoms with Crippen LogP contribution in [-0.4, -0.2) is 48.4 Å². The van der Waals surface area contributed by atoms with Gasteiger partial charge in [0.05, 0.1) is 0 Å². The van der Waals surface area contributed by atoms with Crippen molar-refractivity contribution < 1.29 is 20.1 Å². The molecule has 4 heteroatoms. The van der Waals surface area contributed by atoms with E-state index in [1.807, 2.05) is 13.8 Å². The van der Waals surface area contributed by atoms with Gasteiger partial charge in [-0.05, 0) is 26.7 Å². The highest BCUT2D eigenvalue weighted by Gasteiger charge is 2.03. The van der Waals surface area contributed by atoms with Crippen molar-refractivity contribution in [2.75, 3.05) is 33.0 Å². The molecular weight excluding hydrogens is 184 g/mol. The summed E-state index contributed by atoms with van der Waals surface area (Å²) in [7, 11) is 0. The van der Waals surface area contributed by atoms with Crippen LogP contribution in [-0.2, 0) is 4.74 Å². The van der Waals surface area contributed by atoms with Crippen molar-refractivity contribution in [3.05, 3.63) is 0 Å². The average molecular weight is 208 g/mol. The Morgan fingerprint density at radius 3 is 1.71 bits per heavy atom. The second-order valence-electron chi connectivity index (χ2n) is 2.88. The van der Waals surface area contributed by atoms with Gasteiger partial charge in [-0.3, -0.25) is 0 Å². The maximum Gasteiger partial charge on any atom is 0.0481 e. The van der Waals surface area contributed by atoms with Crippen LogP contribution in [0.4, 0.5) is 0 Å². The zero-order valence-electron chi connectivity index (χ0n) is 9.28. The molecule has 88 valence electrons. The van der Waals surface area contributed by atoms with Gasteiger partial charge >= 0.3 is 0 Å². The molecule has 4 nitrogen and oxygen atoms in total. The number of rotatable bonds is 7. The lowest BCUT2D eigenvalue weighted by Gasteiger charge is -2.07. The number of hydrogen-bond donors (Lipinski definition) is 3. The highest BCUT2D eigenvalue weighted by molar-refractivity contribution is 4.53. The number of hydrogen-bond acceptors (Lipinski definition) is 4. The summed E-state index contributed by atoms with van der Waals surface area (Å²) in [5, 5.41) is 25.4. The Kier molecular flexibility index (Phi) is 17.8. The van der Waals surface area contributed by atoms with E-state index < -0.39 is 0 Å². The monoisotopic (exact) mass is 208 g/mol. The van der Waals surface area contributed by atoms with Gasteiger partial charge in [-0.2, -0.15) is 0 Å². The predicted octanol–water partition coefficient (Wildman–Crippen LogP) is 0.403. The molecule has 0 fully saturated rings. The lowest BCUT2D eigenvalue weighted by Crippen LogP contribution is -2.11. The third kappa shape index (κ3) is 14.4. The Morgan fingerprint density at radius 1 is 1.00 bits per heavy atom. The summed E-state index contributed by atoms with van der Waals surface area (Å²) in [4.78, 5) is 0. The third-order valence-corrected chi connectivity index (χ3v) is 1.70. The number of aliphatic hydroxyl groups excluding tert-OH is 3. The molecule has 0 aliphatic heterocycles. The molecule has 0 aromatic rings. The van der Waals surface area contributed by atoms with E-state index in [1.165, 1.54) is 0 Å². The average Bonchev–Trinajstić information content (AvgIpc) is 2.22. The van der Waals surface area contributed by atoms with Crippen LogP contribution in [0.3, 0.4) is 0 Å². The van der Waals surface area contributed by atoms with Crippen molar-refractivity contribution in [2.24, 2.45) is 5.92 Å². The van der Waals surface area contributed by atoms with Crippen molar-refractivity contribution in [2.45, 2.75) is 26.7 Å². The zero-order valence-corrected chi connectivity index (χ0v) is 9.28. The van der Waals surface area contributed by atoms with Gasteiger partial charge in [0.25, 0.3) is 0 Å². The molecule has 0 bridgehead atoms. The molecule has 0 unspecified atom stereocenters. The van der Waals surface area contributed by atoms with Crippen molar-refractivity contribution in [3.63, 3.8) is 0 Å². The molecule has 0 amide bonds. The molecule has 0 saturated heterocycles. The van der Waals surface area contributed by atoms with E-state index in [1.54, 1.807) is 0 Å². The van der Waals surface area contributed by atoms with E-state index in [-0.39, 0.29) is 25.7 Å². The molecule has 0 aliphatic carbocycles. The van der Waals surface area contributed by atoms with Crippen LogP contribution < -0.4 is 0 Å². The van der Waals surface area contributed by atoms with Gasteiger partial charge in [-0.1, -0.05) is 0 Å². The highest BCUT2D eigenvalue weighted by Crippen LogP contribution is 2.02. The van der Waals surface area contributed by atoms with Crippen LogP contribution in [0.1, 0.15) is 26.7 Å². The van der Waals surface area contributed by atoms with Gasteiger partial charge in [0.2, 0.25) is 0 Å². The third-order valence-electron chi connectivity index (χ3n) is 1.70. The van der Waals surface area contributed by atoms with Crippen LogP contribution in [0.15, 0.2) is 0 Å². The van der Waals surface area contributed by atoms with Gasteiger partial charge in [-0.15, -0.1) is 0 Å². The molecule has 0 saturated carbocycles. The largest absolute Gasteiger partial charge is 0.396 e. The number of aliphatic hydroxyl groups is 3. The van der Waals surface area contributed by atoms with Crippen LogP contribution >= 0.6 is 0 Å². The summed E-state index contributed by atoms with van der Waals surface area (Å²) in [6.45, 7) is 5.82. The summed E-state index contributed by atoms with van der Waals surface area (Å²) >= 11 is 0. The van der Waals surface area contributed by atoms with Crippen molar-refractivity contribution in [1.29, 1.82) is 0 Å². The van der Waals surface area contributed by atoms with Gasteiger partial charge in [0.15, 0.2) is 0 Å². The molecule has 0 aromatic carbocycles. The first-order chi connectivity index (χ1) is 6.76. The summed E-state index contributed by atoms with van der Waals surface area (Å²) < 4.78 is 4.83. The summed E-state index contributed by atoms with van der Waals surface area (Å²) in [5.74, 6) is -0.0443. The van der Waals surface area contributed by atoms with E-state index in [0.717, 1.165) is 13.2 Å². The second-order valence-corrected chi connectivity index (χ2v) is 2.88. The summed E-state index contributed by atoms with van der Waals surface area (Å²) in [5.41, 5.74) is 0. The highest BCUT2D eigenvalue weighted by atomic mass is 16.5. The van der Waals surface area contributed by atoms with Gasteiger partial charge in [0, 0.05) is 39.0 Å². The Morgan fingerprint density at radius 2 is 1.50 bits per heavy atom. The van der Waals surface area contributed by atoms with Crippen molar-refractivity contribution >= 4 is 0 Å². The van der Waals surface area contributed by atoms with Crippen LogP contribution in [0.5, 0.6) is 0 Å². The fourth-order valence-electron chi connectivity index (χ4n) is 0.824. The molecule has 3 N–H and O–H groups in total. The first kappa shape index (κ1) is 16.3. The SMILES string of the molecule is CCOCC.OCCCC(CO)CO. The van der Waals surface area contributed by atoms with Gasteiger partial charge < -0.3 is 20.1 Å². The maximum atomic E-state index is 8.51. The maximum absolute atomic E-state index is 8.51. The fourth-order valence-corrected chi connectivity index (χ4v) is 0.824. The standard InChI is InChI=1S/C6H14O3.C4H10O/c7-3-1-2-6(4-8)5-9;1-3-5-4-2/h6-9H,1-5H2;3-4H2,1-2H3. The van der Waals surface area contributed by atoms with E-state index in [9.17, 15) is 0 Å². The smallest absolute Gasteiger partial charge is 0.0481 e. The van der Waals surface area contributed by atoms with E-state index in [2.05, 4.69) is 0 Å². The fraction of sp³-hybridized carbons (Fsp3) is 1.00. The predicted molar refractivity (Wildman–Crippen MR) is 56.1 cm³/mol. The molecule has 0 spiro atoms. The molecular formula is C10H24O4. The van der Waals surface area contributed by atoms with E-state index in [0.29, 0.717) is 12.8 Å². The second kappa shape index (κ2) is 15.3. The minimum atomic E-state index is -0.0443. The zero-order chi connectivity index (χ0) is 11.2. The van der Waals surface area contributed by atoms with Crippen LogP contribution in [0.25, 0.3) is 0 Å². The van der Waals surface area contributed by atoms with E-state index in [4.69, 9.17) is 20.1 Å². The number of ether oxygens (including phenoxy) is 1. The van der Waals surface area contributed by atoms with Crippen LogP contribution in [0.2, 0.25) is 0 Å². The Bertz CT molecular complexity index is 82.2. The topological polar surface area (TPSA) is 69.9 Å². The van der Waals surface area contributed by atoms with Crippen LogP contribution in [0, 0.1) is 5.92 Å². The van der Waals surface area contributed by atoms with Gasteiger partial charge in [-0.25, -0.2) is 0 Å². The first-order valence-corrected chi connectivity index (χ1v) is 5.16. The van der Waals surface area contributed by atoms with E-state index >= 15 is 0 Å². The quantitative estimate of drug-likeness (QED) is 0.566. The summed E-state index contributed by atoms with van der Waals surface area (Å²) in [6.07, 6.45) is 1.36. The molecule has 0 aliphatic rings. The Balaban J connectivity index is 0. The molecule has 0 heterocycles. The first-order valence-electron chi connectivity index (χ1n) is 5.16. The normalized spacial score (nSPS) is 9.86. The Labute approximate surface area is 86.5 Å². The minimum Gasteiger partial charge on any atom is -0.396 e. The lowest BCUT2D eigenvalue weighted by atomic mass is 10.1. The molecule has 0 rings (SSSR count). The van der Waals surface area contributed by atoms with Gasteiger partial charge in [0.1, 0.15) is 0 Å². The van der Waals surface area contributed by atoms with Crippen molar-refractivity contribution in [1.82, 2.24) is 0 Å². The lowest BCUT2D eigenvalue weighted by molar-refractivity contribution is 0.136. The summed E-state index contributed by atoms with van der Waals surface area (Å²) in [6, 6.07) is 0. The molecule has 14 heavy (non-hydrogen) atoms. The van der Waals surface area contributed by atoms with Crippen molar-refractivity contribution in [3.8, 4) is 0 Å². The minimum absolute atomic E-state index is 0.0104. The molecule has 0 aromatic heterocycles. The molecule has 0 atom stereocenters. The Hall–Kier alpha value is -0.160.